The van der Waals surface area contributed by atoms with Crippen LogP contribution in [0.4, 0.5) is 19.7 Å². The van der Waals surface area contributed by atoms with Crippen LogP contribution in [-0.4, -0.2) is 41.9 Å². The lowest BCUT2D eigenvalue weighted by Crippen LogP contribution is -2.40. The Morgan fingerprint density at radius 2 is 2.00 bits per heavy atom. The van der Waals surface area contributed by atoms with E-state index in [1.807, 2.05) is 0 Å². The third kappa shape index (κ3) is 8.32. The van der Waals surface area contributed by atoms with Gasteiger partial charge in [0.05, 0.1) is 0 Å². The number of alkyl carbamates (subject to hydrolysis) is 1. The van der Waals surface area contributed by atoms with Crippen molar-refractivity contribution in [1.29, 1.82) is 0 Å². The number of carbonyl (C=O) groups excluding carboxylic acids is 1. The van der Waals surface area contributed by atoms with Gasteiger partial charge in [-0.05, 0) is 51.8 Å². The van der Waals surface area contributed by atoms with Crippen LogP contribution >= 0.6 is 0 Å². The summed E-state index contributed by atoms with van der Waals surface area (Å²) < 4.78 is 19.3. The Bertz CT molecular complexity index is 671. The summed E-state index contributed by atoms with van der Waals surface area (Å²) in [6.07, 6.45) is -1.60. The summed E-state index contributed by atoms with van der Waals surface area (Å²) in [5.41, 5.74) is 0.109. The molecule has 0 atom stereocenters. The molecule has 0 saturated heterocycles. The van der Waals surface area contributed by atoms with Crippen molar-refractivity contribution in [2.24, 2.45) is 4.99 Å². The quantitative estimate of drug-likeness (QED) is 0.472. The van der Waals surface area contributed by atoms with Gasteiger partial charge in [-0.15, -0.1) is 0 Å². The van der Waals surface area contributed by atoms with Gasteiger partial charge in [-0.2, -0.15) is 0 Å². The fraction of sp³-hybridized carbons (Fsp3) is 0.471. The summed E-state index contributed by atoms with van der Waals surface area (Å²) in [6.45, 7) is 7.52. The lowest BCUT2D eigenvalue weighted by molar-refractivity contribution is 0.0563. The van der Waals surface area contributed by atoms with E-state index in [-0.39, 0.29) is 18.9 Å². The Morgan fingerprint density at radius 3 is 2.54 bits per heavy atom. The summed E-state index contributed by atoms with van der Waals surface area (Å²) in [5, 5.41) is 16.0. The molecule has 0 aliphatic heterocycles. The molecule has 0 radical (unpaired) electrons. The predicted molar refractivity (Wildman–Crippen MR) is 97.1 cm³/mol. The van der Waals surface area contributed by atoms with E-state index in [0.717, 1.165) is 0 Å². The van der Waals surface area contributed by atoms with Gasteiger partial charge < -0.3 is 20.5 Å². The fourth-order valence-corrected chi connectivity index (χ4v) is 1.94. The molecule has 1 rings (SSSR count). The maximum atomic E-state index is 14.1. The van der Waals surface area contributed by atoms with Gasteiger partial charge in [0.2, 0.25) is 5.96 Å². The normalized spacial score (nSPS) is 11.7. The minimum atomic E-state index is -1.16. The average molecular weight is 368 g/mol. The van der Waals surface area contributed by atoms with E-state index in [0.29, 0.717) is 17.8 Å². The molecule has 0 unspecified atom stereocenters. The van der Waals surface area contributed by atoms with Crippen molar-refractivity contribution >= 4 is 23.8 Å². The largest absolute Gasteiger partial charge is 0.465 e. The van der Waals surface area contributed by atoms with Gasteiger partial charge in [-0.25, -0.2) is 14.0 Å². The third-order valence-corrected chi connectivity index (χ3v) is 2.92. The van der Waals surface area contributed by atoms with Crippen LogP contribution in [0, 0.1) is 5.82 Å². The molecule has 0 spiro atoms. The summed E-state index contributed by atoms with van der Waals surface area (Å²) in [5.74, 6) is -0.350. The fourth-order valence-electron chi connectivity index (χ4n) is 1.94. The van der Waals surface area contributed by atoms with Gasteiger partial charge in [-0.3, -0.25) is 10.3 Å². The number of aliphatic imine (C=N–C) groups is 1. The highest BCUT2D eigenvalue weighted by Crippen LogP contribution is 2.15. The Morgan fingerprint density at radius 1 is 1.31 bits per heavy atom. The van der Waals surface area contributed by atoms with Crippen molar-refractivity contribution < 1.29 is 23.8 Å². The Labute approximate surface area is 151 Å². The van der Waals surface area contributed by atoms with Crippen LogP contribution in [0.5, 0.6) is 0 Å². The number of hydrogen-bond donors (Lipinski definition) is 4. The monoisotopic (exact) mass is 368 g/mol. The van der Waals surface area contributed by atoms with Crippen molar-refractivity contribution in [3.63, 3.8) is 0 Å². The second-order valence-electron chi connectivity index (χ2n) is 6.36. The van der Waals surface area contributed by atoms with Crippen molar-refractivity contribution in [2.45, 2.75) is 39.7 Å². The topological polar surface area (TPSA) is 112 Å². The minimum Gasteiger partial charge on any atom is -0.465 e. The van der Waals surface area contributed by atoms with Crippen LogP contribution < -0.4 is 16.0 Å². The van der Waals surface area contributed by atoms with Gasteiger partial charge in [-0.1, -0.05) is 6.07 Å². The van der Waals surface area contributed by atoms with E-state index in [4.69, 9.17) is 9.84 Å². The molecule has 1 aromatic carbocycles. The lowest BCUT2D eigenvalue weighted by Gasteiger charge is -2.20. The number of guanidine groups is 1. The second-order valence-corrected chi connectivity index (χ2v) is 6.36. The van der Waals surface area contributed by atoms with E-state index >= 15 is 0 Å². The number of benzene rings is 1. The van der Waals surface area contributed by atoms with Crippen LogP contribution in [0.3, 0.4) is 0 Å². The number of hydrogen-bond acceptors (Lipinski definition) is 4. The van der Waals surface area contributed by atoms with Crippen LogP contribution in [0.2, 0.25) is 0 Å². The Balaban J connectivity index is 2.74. The summed E-state index contributed by atoms with van der Waals surface area (Å²) in [7, 11) is 0. The van der Waals surface area contributed by atoms with Crippen molar-refractivity contribution in [3.05, 3.63) is 29.6 Å². The molecule has 4 N–H and O–H groups in total. The van der Waals surface area contributed by atoms with Gasteiger partial charge in [0.25, 0.3) is 0 Å². The van der Waals surface area contributed by atoms with E-state index in [2.05, 4.69) is 20.9 Å². The molecule has 0 bridgehead atoms. The van der Waals surface area contributed by atoms with E-state index < -0.39 is 23.6 Å². The molecule has 0 aromatic heterocycles. The molecule has 2 amide bonds. The summed E-state index contributed by atoms with van der Waals surface area (Å²) in [4.78, 5) is 26.4. The SMILES string of the molecule is CCN=C(NC(=O)OC(C)(C)C)Nc1ccc(CCNC(=O)O)c(F)c1. The van der Waals surface area contributed by atoms with E-state index in [1.165, 1.54) is 12.1 Å². The first-order valence-electron chi connectivity index (χ1n) is 8.17. The number of nitrogens with zero attached hydrogens (tertiary/aromatic N) is 1. The van der Waals surface area contributed by atoms with Crippen molar-refractivity contribution in [2.75, 3.05) is 18.4 Å². The van der Waals surface area contributed by atoms with Gasteiger partial charge in [0.15, 0.2) is 0 Å². The van der Waals surface area contributed by atoms with Crippen LogP contribution in [-0.2, 0) is 11.2 Å². The molecule has 9 heteroatoms. The lowest BCUT2D eigenvalue weighted by atomic mass is 10.1. The van der Waals surface area contributed by atoms with Crippen molar-refractivity contribution in [3.8, 4) is 0 Å². The molecule has 0 aliphatic rings. The highest BCUT2D eigenvalue weighted by molar-refractivity contribution is 6.02. The molecule has 144 valence electrons. The summed E-state index contributed by atoms with van der Waals surface area (Å²) >= 11 is 0. The number of halogens is 1. The molecule has 1 aromatic rings. The van der Waals surface area contributed by atoms with Crippen LogP contribution in [0.15, 0.2) is 23.2 Å². The van der Waals surface area contributed by atoms with Crippen LogP contribution in [0.1, 0.15) is 33.3 Å². The molecule has 26 heavy (non-hydrogen) atoms. The zero-order valence-corrected chi connectivity index (χ0v) is 15.4. The summed E-state index contributed by atoms with van der Waals surface area (Å²) in [6, 6.07) is 4.40. The second kappa shape index (κ2) is 9.59. The molecule has 0 fully saturated rings. The first-order chi connectivity index (χ1) is 12.1. The first kappa shape index (κ1) is 21.2. The smallest absolute Gasteiger partial charge is 0.414 e. The average Bonchev–Trinajstić information content (AvgIpc) is 2.47. The molecular formula is C17H25FN4O4. The Kier molecular flexibility index (Phi) is 7.82. The van der Waals surface area contributed by atoms with Gasteiger partial charge in [0.1, 0.15) is 11.4 Å². The van der Waals surface area contributed by atoms with Crippen molar-refractivity contribution in [1.82, 2.24) is 10.6 Å². The number of carbonyl (C=O) groups is 2. The van der Waals surface area contributed by atoms with Crippen LogP contribution in [0.25, 0.3) is 0 Å². The predicted octanol–water partition coefficient (Wildman–Crippen LogP) is 2.95. The molecule has 0 saturated carbocycles. The highest BCUT2D eigenvalue weighted by Gasteiger charge is 2.17. The number of amides is 2. The number of ether oxygens (including phenoxy) is 1. The molecule has 0 heterocycles. The Hall–Kier alpha value is -2.84. The molecular weight excluding hydrogens is 343 g/mol. The molecule has 0 aliphatic carbocycles. The van der Waals surface area contributed by atoms with Gasteiger partial charge in [0, 0.05) is 18.8 Å². The highest BCUT2D eigenvalue weighted by atomic mass is 19.1. The maximum absolute atomic E-state index is 14.1. The van der Waals surface area contributed by atoms with E-state index in [1.54, 1.807) is 33.8 Å². The number of carboxylic acid groups (broad SMARTS) is 1. The molecule has 8 nitrogen and oxygen atoms in total. The minimum absolute atomic E-state index is 0.113. The standard InChI is InChI=1S/C17H25FN4O4/c1-5-19-14(22-16(25)26-17(2,3)4)21-12-7-6-11(13(18)10-12)8-9-20-15(23)24/h6-7,10,20H,5,8-9H2,1-4H3,(H,23,24)(H2,19,21,22,25). The number of rotatable bonds is 5. The zero-order valence-electron chi connectivity index (χ0n) is 15.4. The number of nitrogens with one attached hydrogen (secondary N) is 3. The zero-order chi connectivity index (χ0) is 19.7. The maximum Gasteiger partial charge on any atom is 0.414 e. The van der Waals surface area contributed by atoms with E-state index in [9.17, 15) is 14.0 Å². The van der Waals surface area contributed by atoms with Gasteiger partial charge >= 0.3 is 12.2 Å². The third-order valence-electron chi connectivity index (χ3n) is 2.92. The number of anilines is 1. The first-order valence-corrected chi connectivity index (χ1v) is 8.17.